The van der Waals surface area contributed by atoms with Gasteiger partial charge in [-0.15, -0.1) is 10.2 Å². The minimum atomic E-state index is -0.130. The van der Waals surface area contributed by atoms with Crippen LogP contribution in [0.25, 0.3) is 0 Å². The molecule has 0 N–H and O–H groups in total. The summed E-state index contributed by atoms with van der Waals surface area (Å²) in [5, 5.41) is 8.52. The topological polar surface area (TPSA) is 73.0 Å². The number of hydrogen-bond acceptors (Lipinski definition) is 4. The maximum absolute atomic E-state index is 12.7. The molecule has 7 heteroatoms. The Kier molecular flexibility index (Phi) is 3.79. The molecule has 0 saturated heterocycles. The normalized spacial score (nSPS) is 17.4. The van der Waals surface area contributed by atoms with Crippen LogP contribution in [0.2, 0.25) is 0 Å². The molecule has 3 rings (SSSR count). The Bertz CT molecular complexity index is 805. The number of pyridine rings is 1. The van der Waals surface area contributed by atoms with E-state index in [9.17, 15) is 9.59 Å². The van der Waals surface area contributed by atoms with Crippen molar-refractivity contribution in [1.29, 1.82) is 0 Å². The van der Waals surface area contributed by atoms with Crippen molar-refractivity contribution < 1.29 is 4.79 Å². The van der Waals surface area contributed by atoms with Crippen LogP contribution >= 0.6 is 0 Å². The number of aryl methyl sites for hydroxylation is 1. The third-order valence-electron chi connectivity index (χ3n) is 4.19. The number of rotatable bonds is 2. The molecule has 122 valence electrons. The van der Waals surface area contributed by atoms with E-state index >= 15 is 0 Å². The lowest BCUT2D eigenvalue weighted by atomic mass is 10.1. The van der Waals surface area contributed by atoms with Crippen molar-refractivity contribution >= 4 is 5.91 Å². The number of nitrogens with zero attached hydrogens (tertiary/aromatic N) is 5. The predicted octanol–water partition coefficient (Wildman–Crippen LogP) is 1.32. The zero-order valence-corrected chi connectivity index (χ0v) is 13.9. The smallest absolute Gasteiger partial charge is 0.255 e. The summed E-state index contributed by atoms with van der Waals surface area (Å²) in [7, 11) is 1.64. The van der Waals surface area contributed by atoms with Crippen molar-refractivity contribution in [2.24, 2.45) is 7.05 Å². The van der Waals surface area contributed by atoms with E-state index < -0.39 is 0 Å². The first-order valence-corrected chi connectivity index (χ1v) is 7.78. The second-order valence-electron chi connectivity index (χ2n) is 6.40. The molecule has 0 radical (unpaired) electrons. The monoisotopic (exact) mass is 315 g/mol. The summed E-state index contributed by atoms with van der Waals surface area (Å²) >= 11 is 0. The average Bonchev–Trinajstić information content (AvgIpc) is 2.94. The standard InChI is InChI=1S/C16H21N5O2/c1-10(2)15-18-17-13-9-20(7-11(3)21(13)15)16(23)12-5-6-14(22)19(4)8-12/h5-6,8,10-11H,7,9H2,1-4H3/t11-/m0/s1. The van der Waals surface area contributed by atoms with Crippen LogP contribution in [-0.2, 0) is 13.6 Å². The van der Waals surface area contributed by atoms with Crippen LogP contribution in [0.1, 0.15) is 54.7 Å². The van der Waals surface area contributed by atoms with Crippen LogP contribution in [0.3, 0.4) is 0 Å². The number of aromatic nitrogens is 4. The minimum absolute atomic E-state index is 0.0900. The van der Waals surface area contributed by atoms with Gasteiger partial charge in [0.15, 0.2) is 5.82 Å². The molecular formula is C16H21N5O2. The third-order valence-corrected chi connectivity index (χ3v) is 4.19. The maximum Gasteiger partial charge on any atom is 0.255 e. The minimum Gasteiger partial charge on any atom is -0.329 e. The fraction of sp³-hybridized carbons (Fsp3) is 0.500. The highest BCUT2D eigenvalue weighted by Crippen LogP contribution is 2.25. The first kappa shape index (κ1) is 15.5. The van der Waals surface area contributed by atoms with Gasteiger partial charge in [0.25, 0.3) is 5.91 Å². The van der Waals surface area contributed by atoms with Gasteiger partial charge in [-0.2, -0.15) is 0 Å². The summed E-state index contributed by atoms with van der Waals surface area (Å²) in [5.74, 6) is 1.98. The molecule has 1 aliphatic heterocycles. The van der Waals surface area contributed by atoms with Crippen LogP contribution < -0.4 is 5.56 Å². The number of carbonyl (C=O) groups excluding carboxylic acids is 1. The van der Waals surface area contributed by atoms with Gasteiger partial charge >= 0.3 is 0 Å². The van der Waals surface area contributed by atoms with Gasteiger partial charge < -0.3 is 14.0 Å². The van der Waals surface area contributed by atoms with Gasteiger partial charge in [-0.25, -0.2) is 0 Å². The average molecular weight is 315 g/mol. The molecule has 2 aromatic rings. The number of amides is 1. The van der Waals surface area contributed by atoms with Gasteiger partial charge in [-0.05, 0) is 13.0 Å². The van der Waals surface area contributed by atoms with E-state index in [-0.39, 0.29) is 17.5 Å². The van der Waals surface area contributed by atoms with Crippen molar-refractivity contribution in [3.63, 3.8) is 0 Å². The van der Waals surface area contributed by atoms with Crippen LogP contribution in [0.5, 0.6) is 0 Å². The van der Waals surface area contributed by atoms with Crippen molar-refractivity contribution in [3.8, 4) is 0 Å². The van der Waals surface area contributed by atoms with E-state index in [0.717, 1.165) is 11.6 Å². The first-order chi connectivity index (χ1) is 10.9. The number of carbonyl (C=O) groups is 1. The van der Waals surface area contributed by atoms with Crippen molar-refractivity contribution in [3.05, 3.63) is 45.9 Å². The van der Waals surface area contributed by atoms with Crippen LogP contribution in [0.15, 0.2) is 23.1 Å². The molecule has 2 aromatic heterocycles. The highest BCUT2D eigenvalue weighted by atomic mass is 16.2. The molecule has 0 aromatic carbocycles. The Hall–Kier alpha value is -2.44. The Morgan fingerprint density at radius 3 is 2.70 bits per heavy atom. The van der Waals surface area contributed by atoms with Gasteiger partial charge in [0.2, 0.25) is 5.56 Å². The SMILES string of the molecule is CC(C)c1nnc2n1[C@@H](C)CN(C(=O)c1ccc(=O)n(C)c1)C2. The van der Waals surface area contributed by atoms with Gasteiger partial charge in [-0.3, -0.25) is 9.59 Å². The summed E-state index contributed by atoms with van der Waals surface area (Å²) in [6.45, 7) is 7.29. The lowest BCUT2D eigenvalue weighted by Crippen LogP contribution is -2.41. The second kappa shape index (κ2) is 5.64. The summed E-state index contributed by atoms with van der Waals surface area (Å²) in [4.78, 5) is 25.9. The molecule has 1 atom stereocenters. The molecule has 0 fully saturated rings. The van der Waals surface area contributed by atoms with E-state index in [4.69, 9.17) is 0 Å². The summed E-state index contributed by atoms with van der Waals surface area (Å²) in [6, 6.07) is 3.12. The molecule has 0 unspecified atom stereocenters. The largest absolute Gasteiger partial charge is 0.329 e. The van der Waals surface area contributed by atoms with Crippen molar-refractivity contribution in [2.45, 2.75) is 39.3 Å². The van der Waals surface area contributed by atoms with E-state index in [2.05, 4.69) is 35.5 Å². The highest BCUT2D eigenvalue weighted by Gasteiger charge is 2.30. The molecule has 0 spiro atoms. The lowest BCUT2D eigenvalue weighted by molar-refractivity contribution is 0.0678. The zero-order chi connectivity index (χ0) is 16.7. The van der Waals surface area contributed by atoms with Crippen LogP contribution in [-0.4, -0.2) is 36.7 Å². The summed E-state index contributed by atoms with van der Waals surface area (Å²) < 4.78 is 3.55. The summed E-state index contributed by atoms with van der Waals surface area (Å²) in [5.41, 5.74) is 0.381. The van der Waals surface area contributed by atoms with Crippen LogP contribution in [0.4, 0.5) is 0 Å². The summed E-state index contributed by atoms with van der Waals surface area (Å²) in [6.07, 6.45) is 1.58. The molecule has 3 heterocycles. The Balaban J connectivity index is 1.89. The van der Waals surface area contributed by atoms with Crippen molar-refractivity contribution in [1.82, 2.24) is 24.2 Å². The van der Waals surface area contributed by atoms with Gasteiger partial charge in [-0.1, -0.05) is 13.8 Å². The maximum atomic E-state index is 12.7. The number of fused-ring (bicyclic) bond motifs is 1. The molecule has 0 bridgehead atoms. The number of hydrogen-bond donors (Lipinski definition) is 0. The van der Waals surface area contributed by atoms with E-state index in [0.29, 0.717) is 24.6 Å². The fourth-order valence-corrected chi connectivity index (χ4v) is 3.01. The Morgan fingerprint density at radius 2 is 2.04 bits per heavy atom. The molecule has 23 heavy (non-hydrogen) atoms. The van der Waals surface area contributed by atoms with E-state index in [1.807, 2.05) is 0 Å². The highest BCUT2D eigenvalue weighted by molar-refractivity contribution is 5.93. The molecule has 1 amide bonds. The third kappa shape index (κ3) is 2.67. The quantitative estimate of drug-likeness (QED) is 0.838. The second-order valence-corrected chi connectivity index (χ2v) is 6.40. The fourth-order valence-electron chi connectivity index (χ4n) is 3.01. The zero-order valence-electron chi connectivity index (χ0n) is 13.9. The predicted molar refractivity (Wildman–Crippen MR) is 85.2 cm³/mol. The van der Waals surface area contributed by atoms with Gasteiger partial charge in [0.05, 0.1) is 18.2 Å². The van der Waals surface area contributed by atoms with Gasteiger partial charge in [0.1, 0.15) is 5.82 Å². The molecule has 0 aliphatic carbocycles. The van der Waals surface area contributed by atoms with E-state index in [1.54, 1.807) is 24.2 Å². The molecule has 7 nitrogen and oxygen atoms in total. The first-order valence-electron chi connectivity index (χ1n) is 7.78. The Labute approximate surface area is 134 Å². The molecular weight excluding hydrogens is 294 g/mol. The Morgan fingerprint density at radius 1 is 1.30 bits per heavy atom. The molecule has 1 aliphatic rings. The van der Waals surface area contributed by atoms with Gasteiger partial charge in [0, 0.05) is 31.8 Å². The lowest BCUT2D eigenvalue weighted by Gasteiger charge is -2.33. The van der Waals surface area contributed by atoms with E-state index in [1.165, 1.54) is 10.6 Å². The molecule has 0 saturated carbocycles. The van der Waals surface area contributed by atoms with Crippen LogP contribution in [0, 0.1) is 0 Å². The van der Waals surface area contributed by atoms with Crippen molar-refractivity contribution in [2.75, 3.05) is 6.54 Å².